The van der Waals surface area contributed by atoms with Gasteiger partial charge >= 0.3 is 0 Å². The number of aryl methyl sites for hydroxylation is 1. The van der Waals surface area contributed by atoms with E-state index in [-0.39, 0.29) is 6.10 Å². The van der Waals surface area contributed by atoms with Crippen LogP contribution in [0.25, 0.3) is 0 Å². The zero-order valence-electron chi connectivity index (χ0n) is 10.1. The summed E-state index contributed by atoms with van der Waals surface area (Å²) in [5.41, 5.74) is 2.01. The maximum Gasteiger partial charge on any atom is 0.147 e. The van der Waals surface area contributed by atoms with E-state index in [1.807, 2.05) is 37.4 Å². The van der Waals surface area contributed by atoms with Crippen LogP contribution in [-0.2, 0) is 5.88 Å². The Morgan fingerprint density at radius 3 is 2.94 bits per heavy atom. The number of halogens is 2. The van der Waals surface area contributed by atoms with Crippen LogP contribution in [0.3, 0.4) is 0 Å². The lowest BCUT2D eigenvalue weighted by Gasteiger charge is -2.14. The molecule has 5 heteroatoms. The van der Waals surface area contributed by atoms with Crippen molar-refractivity contribution in [3.05, 3.63) is 44.3 Å². The van der Waals surface area contributed by atoms with Gasteiger partial charge in [-0.3, -0.25) is 0 Å². The molecule has 0 amide bonds. The van der Waals surface area contributed by atoms with Crippen LogP contribution < -0.4 is 4.74 Å². The van der Waals surface area contributed by atoms with Crippen molar-refractivity contribution >= 4 is 38.9 Å². The van der Waals surface area contributed by atoms with Gasteiger partial charge < -0.3 is 4.74 Å². The summed E-state index contributed by atoms with van der Waals surface area (Å²) in [5, 5.41) is 2.92. The second-order valence-electron chi connectivity index (χ2n) is 3.98. The van der Waals surface area contributed by atoms with Crippen molar-refractivity contribution in [2.24, 2.45) is 0 Å². The number of benzene rings is 1. The van der Waals surface area contributed by atoms with Crippen molar-refractivity contribution in [1.29, 1.82) is 0 Å². The molecule has 0 aliphatic rings. The Kier molecular flexibility index (Phi) is 4.65. The number of alkyl halides is 1. The maximum atomic E-state index is 5.94. The molecule has 18 heavy (non-hydrogen) atoms. The molecular weight excluding hydrogens is 334 g/mol. The summed E-state index contributed by atoms with van der Waals surface area (Å²) in [5.74, 6) is 1.32. The summed E-state index contributed by atoms with van der Waals surface area (Å²) in [7, 11) is 0. The van der Waals surface area contributed by atoms with Gasteiger partial charge in [0, 0.05) is 9.85 Å². The van der Waals surface area contributed by atoms with Gasteiger partial charge in [0.25, 0.3) is 0 Å². The summed E-state index contributed by atoms with van der Waals surface area (Å²) in [6, 6.07) is 6.00. The maximum absolute atomic E-state index is 5.94. The fourth-order valence-electron chi connectivity index (χ4n) is 1.51. The summed E-state index contributed by atoms with van der Waals surface area (Å²) in [4.78, 5) is 4.43. The van der Waals surface area contributed by atoms with E-state index in [0.29, 0.717) is 5.88 Å². The van der Waals surface area contributed by atoms with Gasteiger partial charge in [-0.25, -0.2) is 4.98 Å². The molecule has 0 fully saturated rings. The van der Waals surface area contributed by atoms with Gasteiger partial charge in [-0.1, -0.05) is 22.0 Å². The first-order valence-electron chi connectivity index (χ1n) is 5.53. The second kappa shape index (κ2) is 6.04. The highest BCUT2D eigenvalue weighted by Crippen LogP contribution is 2.29. The molecule has 96 valence electrons. The lowest BCUT2D eigenvalue weighted by Crippen LogP contribution is -2.04. The highest BCUT2D eigenvalue weighted by atomic mass is 79.9. The molecule has 0 saturated heterocycles. The smallest absolute Gasteiger partial charge is 0.147 e. The van der Waals surface area contributed by atoms with Gasteiger partial charge in [0.1, 0.15) is 16.9 Å². The molecule has 2 nitrogen and oxygen atoms in total. The van der Waals surface area contributed by atoms with E-state index in [2.05, 4.69) is 20.9 Å². The van der Waals surface area contributed by atoms with Crippen LogP contribution in [0.1, 0.15) is 29.3 Å². The summed E-state index contributed by atoms with van der Waals surface area (Å²) < 4.78 is 6.95. The highest BCUT2D eigenvalue weighted by molar-refractivity contribution is 9.10. The molecule has 0 aliphatic carbocycles. The first kappa shape index (κ1) is 13.8. The minimum absolute atomic E-state index is 0.0695. The zero-order valence-corrected chi connectivity index (χ0v) is 13.3. The molecule has 1 aromatic heterocycles. The van der Waals surface area contributed by atoms with Gasteiger partial charge in [-0.15, -0.1) is 22.9 Å². The van der Waals surface area contributed by atoms with Crippen molar-refractivity contribution in [1.82, 2.24) is 4.98 Å². The molecule has 1 aromatic carbocycles. The highest BCUT2D eigenvalue weighted by Gasteiger charge is 2.13. The molecule has 1 atom stereocenters. The minimum Gasteiger partial charge on any atom is -0.483 e. The fraction of sp³-hybridized carbons (Fsp3) is 0.308. The van der Waals surface area contributed by atoms with E-state index >= 15 is 0 Å². The number of rotatable bonds is 4. The van der Waals surface area contributed by atoms with Crippen LogP contribution in [0.15, 0.2) is 28.1 Å². The molecule has 2 aromatic rings. The number of hydrogen-bond donors (Lipinski definition) is 0. The molecule has 1 heterocycles. The molecule has 2 rings (SSSR count). The van der Waals surface area contributed by atoms with Gasteiger partial charge in [-0.2, -0.15) is 0 Å². The second-order valence-corrected chi connectivity index (χ2v) is 6.05. The van der Waals surface area contributed by atoms with Gasteiger partial charge in [0.05, 0.1) is 11.6 Å². The SMILES string of the molecule is Cc1ccc(Br)cc1OC(C)c1nc(CCl)cs1. The van der Waals surface area contributed by atoms with E-state index < -0.39 is 0 Å². The van der Waals surface area contributed by atoms with Crippen LogP contribution in [-0.4, -0.2) is 4.98 Å². The third-order valence-electron chi connectivity index (χ3n) is 2.51. The van der Waals surface area contributed by atoms with Gasteiger partial charge in [-0.05, 0) is 31.5 Å². The van der Waals surface area contributed by atoms with Crippen LogP contribution in [0.4, 0.5) is 0 Å². The standard InChI is InChI=1S/C13H13BrClNOS/c1-8-3-4-10(14)5-12(8)17-9(2)13-16-11(6-15)7-18-13/h3-5,7,9H,6H2,1-2H3. The zero-order chi connectivity index (χ0) is 13.1. The van der Waals surface area contributed by atoms with Crippen LogP contribution in [0.2, 0.25) is 0 Å². The number of aromatic nitrogens is 1. The molecular formula is C13H13BrClNOS. The monoisotopic (exact) mass is 345 g/mol. The van der Waals surface area contributed by atoms with Gasteiger partial charge in [0.2, 0.25) is 0 Å². The molecule has 0 radical (unpaired) electrons. The Bertz CT molecular complexity index is 544. The Balaban J connectivity index is 2.15. The Labute approximate surface area is 124 Å². The molecule has 0 bridgehead atoms. The van der Waals surface area contributed by atoms with Crippen molar-refractivity contribution in [3.8, 4) is 5.75 Å². The Morgan fingerprint density at radius 2 is 2.28 bits per heavy atom. The van der Waals surface area contributed by atoms with Gasteiger partial charge in [0.15, 0.2) is 0 Å². The molecule has 0 N–H and O–H groups in total. The summed E-state index contributed by atoms with van der Waals surface area (Å²) in [6.07, 6.45) is -0.0695. The van der Waals surface area contributed by atoms with Crippen molar-refractivity contribution < 1.29 is 4.74 Å². The Hall–Kier alpha value is -0.580. The van der Waals surface area contributed by atoms with Crippen molar-refractivity contribution in [2.75, 3.05) is 0 Å². The topological polar surface area (TPSA) is 22.1 Å². The molecule has 1 unspecified atom stereocenters. The summed E-state index contributed by atoms with van der Waals surface area (Å²) in [6.45, 7) is 4.03. The van der Waals surface area contributed by atoms with Crippen molar-refractivity contribution in [3.63, 3.8) is 0 Å². The van der Waals surface area contributed by atoms with Crippen LogP contribution >= 0.6 is 38.9 Å². The number of nitrogens with zero attached hydrogens (tertiary/aromatic N) is 1. The third kappa shape index (κ3) is 3.25. The van der Waals surface area contributed by atoms with E-state index in [9.17, 15) is 0 Å². The first-order chi connectivity index (χ1) is 8.60. The molecule has 0 aliphatic heterocycles. The van der Waals surface area contributed by atoms with Crippen LogP contribution in [0, 0.1) is 6.92 Å². The predicted octanol–water partition coefficient (Wildman–Crippen LogP) is 5.09. The molecule has 0 saturated carbocycles. The van der Waals surface area contributed by atoms with Crippen LogP contribution in [0.5, 0.6) is 5.75 Å². The van der Waals surface area contributed by atoms with E-state index in [1.165, 1.54) is 0 Å². The Morgan fingerprint density at radius 1 is 1.50 bits per heavy atom. The number of ether oxygens (including phenoxy) is 1. The molecule has 0 spiro atoms. The lowest BCUT2D eigenvalue weighted by molar-refractivity contribution is 0.224. The first-order valence-corrected chi connectivity index (χ1v) is 7.74. The predicted molar refractivity (Wildman–Crippen MR) is 79.6 cm³/mol. The quantitative estimate of drug-likeness (QED) is 0.719. The third-order valence-corrected chi connectivity index (χ3v) is 4.33. The summed E-state index contributed by atoms with van der Waals surface area (Å²) >= 11 is 10.8. The van der Waals surface area contributed by atoms with E-state index in [1.54, 1.807) is 11.3 Å². The largest absolute Gasteiger partial charge is 0.483 e. The van der Waals surface area contributed by atoms with E-state index in [4.69, 9.17) is 16.3 Å². The van der Waals surface area contributed by atoms with Crippen molar-refractivity contribution in [2.45, 2.75) is 25.8 Å². The van der Waals surface area contributed by atoms with E-state index in [0.717, 1.165) is 26.5 Å². The lowest BCUT2D eigenvalue weighted by atomic mass is 10.2. The average Bonchev–Trinajstić information content (AvgIpc) is 2.82. The fourth-order valence-corrected chi connectivity index (χ4v) is 2.88. The minimum atomic E-state index is -0.0695. The average molecular weight is 347 g/mol. The number of hydrogen-bond acceptors (Lipinski definition) is 3. The normalized spacial score (nSPS) is 12.4. The number of thiazole rings is 1.